The number of amides is 3. The monoisotopic (exact) mass is 562 g/mol. The normalized spacial score (nSPS) is 25.8. The fourth-order valence-corrected chi connectivity index (χ4v) is 6.34. The molecule has 0 bridgehead atoms. The number of aromatic nitrogens is 3. The SMILES string of the molecule is Cc1nc(C)n(CCC(=O)N2CC[C@@H]3NC(=O)[C@@H](Cc4ccccc4)NC(=O)C4(C/C=C/C[C@@H]3C2)CCOCC4)n1. The number of carbonyl (C=O) groups is 3. The Bertz CT molecular complexity index is 1250. The lowest BCUT2D eigenvalue weighted by Crippen LogP contribution is -2.58. The first-order valence-corrected chi connectivity index (χ1v) is 14.9. The molecule has 41 heavy (non-hydrogen) atoms. The molecule has 4 heterocycles. The van der Waals surface area contributed by atoms with Crippen molar-refractivity contribution in [2.24, 2.45) is 11.3 Å². The van der Waals surface area contributed by atoms with E-state index >= 15 is 0 Å². The van der Waals surface area contributed by atoms with Crippen LogP contribution < -0.4 is 10.6 Å². The Morgan fingerprint density at radius 3 is 2.61 bits per heavy atom. The van der Waals surface area contributed by atoms with Crippen LogP contribution in [0.3, 0.4) is 0 Å². The highest BCUT2D eigenvalue weighted by Gasteiger charge is 2.41. The van der Waals surface area contributed by atoms with Crippen molar-refractivity contribution in [1.29, 1.82) is 0 Å². The molecule has 0 aliphatic carbocycles. The maximum absolute atomic E-state index is 13.8. The Morgan fingerprint density at radius 2 is 1.88 bits per heavy atom. The second-order valence-electron chi connectivity index (χ2n) is 11.7. The molecule has 10 nitrogen and oxygen atoms in total. The number of likely N-dealkylation sites (tertiary alicyclic amines) is 1. The molecule has 220 valence electrons. The molecule has 0 saturated carbocycles. The molecule has 1 spiro atoms. The zero-order valence-corrected chi connectivity index (χ0v) is 24.2. The number of piperidine rings is 1. The van der Waals surface area contributed by atoms with Crippen LogP contribution in [0.25, 0.3) is 0 Å². The summed E-state index contributed by atoms with van der Waals surface area (Å²) >= 11 is 0. The van der Waals surface area contributed by atoms with Crippen LogP contribution in [0.5, 0.6) is 0 Å². The summed E-state index contributed by atoms with van der Waals surface area (Å²) in [6.07, 6.45) is 8.30. The van der Waals surface area contributed by atoms with E-state index in [1.807, 2.05) is 49.1 Å². The molecular weight excluding hydrogens is 520 g/mol. The van der Waals surface area contributed by atoms with Gasteiger partial charge in [0, 0.05) is 51.1 Å². The molecule has 3 atom stereocenters. The van der Waals surface area contributed by atoms with E-state index in [9.17, 15) is 14.4 Å². The van der Waals surface area contributed by atoms with Gasteiger partial charge in [0.25, 0.3) is 0 Å². The van der Waals surface area contributed by atoms with Gasteiger partial charge in [-0.2, -0.15) is 5.10 Å². The summed E-state index contributed by atoms with van der Waals surface area (Å²) in [5.74, 6) is 1.45. The van der Waals surface area contributed by atoms with Crippen LogP contribution in [0, 0.1) is 25.2 Å². The summed E-state index contributed by atoms with van der Waals surface area (Å²) < 4.78 is 7.38. The highest BCUT2D eigenvalue weighted by Crippen LogP contribution is 2.36. The predicted octanol–water partition coefficient (Wildman–Crippen LogP) is 2.49. The molecule has 3 amide bonds. The van der Waals surface area contributed by atoms with Crippen LogP contribution in [0.2, 0.25) is 0 Å². The zero-order valence-electron chi connectivity index (χ0n) is 24.2. The number of aryl methyl sites for hydroxylation is 3. The minimum absolute atomic E-state index is 0.0723. The van der Waals surface area contributed by atoms with Crippen LogP contribution in [0.4, 0.5) is 0 Å². The van der Waals surface area contributed by atoms with Gasteiger partial charge in [0.2, 0.25) is 17.7 Å². The predicted molar refractivity (Wildman–Crippen MR) is 154 cm³/mol. The summed E-state index contributed by atoms with van der Waals surface area (Å²) in [6, 6.07) is 9.05. The van der Waals surface area contributed by atoms with E-state index in [0.29, 0.717) is 77.2 Å². The quantitative estimate of drug-likeness (QED) is 0.541. The summed E-state index contributed by atoms with van der Waals surface area (Å²) in [7, 11) is 0. The van der Waals surface area contributed by atoms with E-state index in [4.69, 9.17) is 4.74 Å². The average Bonchev–Trinajstić information content (AvgIpc) is 3.31. The maximum atomic E-state index is 13.8. The summed E-state index contributed by atoms with van der Waals surface area (Å²) in [4.78, 5) is 46.9. The Hall–Kier alpha value is -3.53. The minimum Gasteiger partial charge on any atom is -0.381 e. The number of hydrogen-bond acceptors (Lipinski definition) is 6. The lowest BCUT2D eigenvalue weighted by atomic mass is 9.75. The lowest BCUT2D eigenvalue weighted by molar-refractivity contribution is -0.140. The van der Waals surface area contributed by atoms with Gasteiger partial charge in [-0.3, -0.25) is 14.4 Å². The van der Waals surface area contributed by atoms with Crippen molar-refractivity contribution in [3.8, 4) is 0 Å². The Balaban J connectivity index is 1.32. The van der Waals surface area contributed by atoms with E-state index in [2.05, 4.69) is 32.9 Å². The maximum Gasteiger partial charge on any atom is 0.243 e. The first-order valence-electron chi connectivity index (χ1n) is 14.9. The van der Waals surface area contributed by atoms with Crippen molar-refractivity contribution >= 4 is 17.7 Å². The molecule has 1 aromatic carbocycles. The van der Waals surface area contributed by atoms with E-state index < -0.39 is 11.5 Å². The van der Waals surface area contributed by atoms with E-state index in [1.54, 1.807) is 4.68 Å². The molecule has 10 heteroatoms. The second-order valence-corrected chi connectivity index (χ2v) is 11.7. The first-order chi connectivity index (χ1) is 19.8. The third-order valence-electron chi connectivity index (χ3n) is 8.86. The Morgan fingerprint density at radius 1 is 1.10 bits per heavy atom. The number of nitrogens with zero attached hydrogens (tertiary/aromatic N) is 4. The van der Waals surface area contributed by atoms with Gasteiger partial charge >= 0.3 is 0 Å². The highest BCUT2D eigenvalue weighted by molar-refractivity contribution is 5.90. The van der Waals surface area contributed by atoms with Gasteiger partial charge in [-0.1, -0.05) is 42.5 Å². The number of rotatable bonds is 5. The molecule has 0 unspecified atom stereocenters. The smallest absolute Gasteiger partial charge is 0.243 e. The van der Waals surface area contributed by atoms with E-state index in [1.165, 1.54) is 0 Å². The fourth-order valence-electron chi connectivity index (χ4n) is 6.34. The number of ether oxygens (including phenoxy) is 1. The molecule has 2 saturated heterocycles. The van der Waals surface area contributed by atoms with Crippen molar-refractivity contribution in [1.82, 2.24) is 30.3 Å². The van der Waals surface area contributed by atoms with Gasteiger partial charge in [-0.15, -0.1) is 0 Å². The first kappa shape index (κ1) is 29.0. The lowest BCUT2D eigenvalue weighted by Gasteiger charge is -2.40. The van der Waals surface area contributed by atoms with Crippen LogP contribution in [-0.4, -0.2) is 75.8 Å². The van der Waals surface area contributed by atoms with Gasteiger partial charge in [0.05, 0.1) is 12.0 Å². The molecule has 1 aromatic heterocycles. The highest BCUT2D eigenvalue weighted by atomic mass is 16.5. The second kappa shape index (κ2) is 13.0. The van der Waals surface area contributed by atoms with E-state index in [0.717, 1.165) is 17.8 Å². The average molecular weight is 563 g/mol. The fraction of sp³-hybridized carbons (Fsp3) is 0.581. The minimum atomic E-state index is -0.678. The van der Waals surface area contributed by atoms with Crippen molar-refractivity contribution in [2.45, 2.75) is 77.4 Å². The Kier molecular flexibility index (Phi) is 9.17. The van der Waals surface area contributed by atoms with Crippen molar-refractivity contribution in [2.75, 3.05) is 26.3 Å². The molecular formula is C31H42N6O4. The van der Waals surface area contributed by atoms with Crippen LogP contribution >= 0.6 is 0 Å². The largest absolute Gasteiger partial charge is 0.381 e. The number of hydrogen-bond donors (Lipinski definition) is 2. The Labute approximate surface area is 241 Å². The van der Waals surface area contributed by atoms with Gasteiger partial charge in [0.1, 0.15) is 17.7 Å². The number of fused-ring (bicyclic) bond motifs is 1. The van der Waals surface area contributed by atoms with E-state index in [-0.39, 0.29) is 29.7 Å². The molecule has 3 aliphatic heterocycles. The number of carbonyl (C=O) groups excluding carboxylic acids is 3. The summed E-state index contributed by atoms with van der Waals surface area (Å²) in [5.41, 5.74) is 0.408. The number of benzene rings is 1. The summed E-state index contributed by atoms with van der Waals surface area (Å²) in [6.45, 7) is 6.48. The number of allylic oxidation sites excluding steroid dienone is 2. The van der Waals surface area contributed by atoms with Gasteiger partial charge < -0.3 is 20.3 Å². The molecule has 5 rings (SSSR count). The van der Waals surface area contributed by atoms with Crippen molar-refractivity contribution in [3.63, 3.8) is 0 Å². The van der Waals surface area contributed by atoms with Gasteiger partial charge in [-0.05, 0) is 51.5 Å². The van der Waals surface area contributed by atoms with Gasteiger partial charge in [0.15, 0.2) is 0 Å². The summed E-state index contributed by atoms with van der Waals surface area (Å²) in [5, 5.41) is 10.8. The van der Waals surface area contributed by atoms with Gasteiger partial charge in [-0.25, -0.2) is 9.67 Å². The molecule has 3 aliphatic rings. The number of nitrogens with one attached hydrogen (secondary N) is 2. The van der Waals surface area contributed by atoms with Crippen LogP contribution in [0.1, 0.15) is 55.7 Å². The zero-order chi connectivity index (χ0) is 28.8. The topological polar surface area (TPSA) is 118 Å². The molecule has 2 fully saturated rings. The van der Waals surface area contributed by atoms with Crippen molar-refractivity contribution in [3.05, 3.63) is 59.7 Å². The molecule has 0 radical (unpaired) electrons. The van der Waals surface area contributed by atoms with Crippen LogP contribution in [0.15, 0.2) is 42.5 Å². The molecule has 2 N–H and O–H groups in total. The van der Waals surface area contributed by atoms with Crippen molar-refractivity contribution < 1.29 is 19.1 Å². The standard InChI is InChI=1S/C31H42N6O4/c1-22-32-23(2)37(35-22)17-12-28(38)36-16-11-26-25(21-36)10-6-7-13-31(14-18-41-19-15-31)30(40)34-27(29(39)33-26)20-24-8-4-3-5-9-24/h3-9,25-27H,10-21H2,1-2H3,(H,33,39)(H,34,40)/b7-6+/t25-,26+,27-/m1/s1. The third kappa shape index (κ3) is 7.04. The molecule has 2 aromatic rings. The third-order valence-corrected chi connectivity index (χ3v) is 8.86. The van der Waals surface area contributed by atoms with Crippen LogP contribution in [-0.2, 0) is 32.1 Å².